The van der Waals surface area contributed by atoms with Crippen molar-refractivity contribution in [3.05, 3.63) is 72.5 Å². The molecule has 1 aliphatic heterocycles. The highest BCUT2D eigenvalue weighted by Gasteiger charge is 2.22. The van der Waals surface area contributed by atoms with E-state index in [1.165, 1.54) is 12.1 Å². The Labute approximate surface area is 162 Å². The summed E-state index contributed by atoms with van der Waals surface area (Å²) in [6.45, 7) is 2.44. The van der Waals surface area contributed by atoms with E-state index in [9.17, 15) is 9.18 Å². The summed E-state index contributed by atoms with van der Waals surface area (Å²) in [4.78, 5) is 16.2. The maximum absolute atomic E-state index is 13.3. The second-order valence-electron chi connectivity index (χ2n) is 6.56. The van der Waals surface area contributed by atoms with Gasteiger partial charge >= 0.3 is 6.03 Å². The van der Waals surface area contributed by atoms with E-state index in [2.05, 4.69) is 20.4 Å². The standard InChI is InChI=1S/C21H20FN5O/c22-17-7-4-8-18(15-17)23-21(28)27-13-11-26(12-14-27)20-10-9-19(24-25-20)16-5-2-1-3-6-16/h1-10,15H,11-14H2,(H,23,28). The monoisotopic (exact) mass is 377 g/mol. The average molecular weight is 377 g/mol. The number of anilines is 2. The van der Waals surface area contributed by atoms with Crippen molar-refractivity contribution in [1.29, 1.82) is 0 Å². The molecule has 142 valence electrons. The molecule has 2 aromatic carbocycles. The van der Waals surface area contributed by atoms with Crippen molar-refractivity contribution < 1.29 is 9.18 Å². The first-order valence-electron chi connectivity index (χ1n) is 9.15. The predicted octanol–water partition coefficient (Wildman–Crippen LogP) is 3.64. The van der Waals surface area contributed by atoms with Crippen molar-refractivity contribution in [3.63, 3.8) is 0 Å². The number of hydrogen-bond donors (Lipinski definition) is 1. The first kappa shape index (κ1) is 17.9. The summed E-state index contributed by atoms with van der Waals surface area (Å²) in [5, 5.41) is 11.4. The zero-order chi connectivity index (χ0) is 19.3. The number of halogens is 1. The Kier molecular flexibility index (Phi) is 5.14. The molecule has 0 aliphatic carbocycles. The molecule has 0 atom stereocenters. The lowest BCUT2D eigenvalue weighted by atomic mass is 10.1. The molecule has 4 rings (SSSR count). The van der Waals surface area contributed by atoms with E-state index >= 15 is 0 Å². The van der Waals surface area contributed by atoms with Crippen LogP contribution < -0.4 is 10.2 Å². The molecule has 2 amide bonds. The zero-order valence-electron chi connectivity index (χ0n) is 15.3. The largest absolute Gasteiger partial charge is 0.352 e. The fraction of sp³-hybridized carbons (Fsp3) is 0.190. The van der Waals surface area contributed by atoms with E-state index in [4.69, 9.17) is 0 Å². The summed E-state index contributed by atoms with van der Waals surface area (Å²) >= 11 is 0. The van der Waals surface area contributed by atoms with Gasteiger partial charge in [-0.1, -0.05) is 36.4 Å². The van der Waals surface area contributed by atoms with Crippen LogP contribution in [0.5, 0.6) is 0 Å². The molecule has 0 spiro atoms. The van der Waals surface area contributed by atoms with Crippen molar-refractivity contribution in [2.75, 3.05) is 36.4 Å². The van der Waals surface area contributed by atoms with Gasteiger partial charge in [-0.3, -0.25) is 0 Å². The molecule has 1 aromatic heterocycles. The van der Waals surface area contributed by atoms with Gasteiger partial charge in [-0.2, -0.15) is 0 Å². The minimum atomic E-state index is -0.375. The maximum atomic E-state index is 13.3. The number of aromatic nitrogens is 2. The van der Waals surface area contributed by atoms with Crippen molar-refractivity contribution in [2.24, 2.45) is 0 Å². The number of nitrogens with zero attached hydrogens (tertiary/aromatic N) is 4. The Bertz CT molecular complexity index is 941. The Hall–Kier alpha value is -3.48. The Morgan fingerprint density at radius 1 is 0.893 bits per heavy atom. The van der Waals surface area contributed by atoms with Gasteiger partial charge in [0.2, 0.25) is 0 Å². The lowest BCUT2D eigenvalue weighted by Crippen LogP contribution is -2.50. The molecule has 0 bridgehead atoms. The predicted molar refractivity (Wildman–Crippen MR) is 107 cm³/mol. The highest BCUT2D eigenvalue weighted by molar-refractivity contribution is 5.89. The number of carbonyl (C=O) groups is 1. The number of benzene rings is 2. The third kappa shape index (κ3) is 4.09. The van der Waals surface area contributed by atoms with Crippen molar-refractivity contribution in [1.82, 2.24) is 15.1 Å². The third-order valence-corrected chi connectivity index (χ3v) is 4.69. The quantitative estimate of drug-likeness (QED) is 0.757. The number of amides is 2. The summed E-state index contributed by atoms with van der Waals surface area (Å²) in [5.41, 5.74) is 2.31. The first-order valence-corrected chi connectivity index (χ1v) is 9.15. The second kappa shape index (κ2) is 8.04. The van der Waals surface area contributed by atoms with Gasteiger partial charge in [-0.05, 0) is 30.3 Å². The van der Waals surface area contributed by atoms with Crippen LogP contribution in [-0.2, 0) is 0 Å². The average Bonchev–Trinajstić information content (AvgIpc) is 2.75. The smallest absolute Gasteiger partial charge is 0.321 e. The van der Waals surface area contributed by atoms with Gasteiger partial charge in [0.05, 0.1) is 5.69 Å². The Morgan fingerprint density at radius 2 is 1.68 bits per heavy atom. The molecule has 2 heterocycles. The van der Waals surface area contributed by atoms with E-state index in [1.807, 2.05) is 42.5 Å². The van der Waals surface area contributed by atoms with Crippen LogP contribution in [0.4, 0.5) is 20.7 Å². The van der Waals surface area contributed by atoms with Crippen LogP contribution in [0, 0.1) is 5.82 Å². The molecule has 6 nitrogen and oxygen atoms in total. The molecule has 7 heteroatoms. The van der Waals surface area contributed by atoms with Crippen molar-refractivity contribution in [3.8, 4) is 11.3 Å². The molecule has 28 heavy (non-hydrogen) atoms. The van der Waals surface area contributed by atoms with Crippen LogP contribution in [0.1, 0.15) is 0 Å². The minimum Gasteiger partial charge on any atom is -0.352 e. The van der Waals surface area contributed by atoms with Crippen molar-refractivity contribution in [2.45, 2.75) is 0 Å². The number of carbonyl (C=O) groups excluding carboxylic acids is 1. The molecule has 1 saturated heterocycles. The molecule has 0 unspecified atom stereocenters. The van der Waals surface area contributed by atoms with Gasteiger partial charge in [0.1, 0.15) is 5.82 Å². The van der Waals surface area contributed by atoms with Crippen molar-refractivity contribution >= 4 is 17.5 Å². The molecular weight excluding hydrogens is 357 g/mol. The van der Waals surface area contributed by atoms with E-state index in [-0.39, 0.29) is 11.8 Å². The lowest BCUT2D eigenvalue weighted by molar-refractivity contribution is 0.208. The van der Waals surface area contributed by atoms with Crippen LogP contribution in [0.15, 0.2) is 66.7 Å². The number of hydrogen-bond acceptors (Lipinski definition) is 4. The maximum Gasteiger partial charge on any atom is 0.321 e. The highest BCUT2D eigenvalue weighted by atomic mass is 19.1. The minimum absolute atomic E-state index is 0.226. The third-order valence-electron chi connectivity index (χ3n) is 4.69. The highest BCUT2D eigenvalue weighted by Crippen LogP contribution is 2.19. The molecule has 0 saturated carbocycles. The van der Waals surface area contributed by atoms with Crippen LogP contribution in [0.2, 0.25) is 0 Å². The van der Waals surface area contributed by atoms with E-state index in [0.717, 1.165) is 17.1 Å². The normalized spacial score (nSPS) is 14.0. The topological polar surface area (TPSA) is 61.4 Å². The van der Waals surface area contributed by atoms with Gasteiger partial charge in [0.25, 0.3) is 0 Å². The lowest BCUT2D eigenvalue weighted by Gasteiger charge is -2.35. The first-order chi connectivity index (χ1) is 13.7. The summed E-state index contributed by atoms with van der Waals surface area (Å²) in [6, 6.07) is 19.5. The molecule has 1 aliphatic rings. The number of urea groups is 1. The van der Waals surface area contributed by atoms with E-state index in [0.29, 0.717) is 31.9 Å². The van der Waals surface area contributed by atoms with Gasteiger partial charge in [0.15, 0.2) is 5.82 Å². The summed E-state index contributed by atoms with van der Waals surface area (Å²) in [5.74, 6) is 0.421. The van der Waals surface area contributed by atoms with E-state index < -0.39 is 0 Å². The summed E-state index contributed by atoms with van der Waals surface area (Å²) in [7, 11) is 0. The fourth-order valence-corrected chi connectivity index (χ4v) is 3.16. The number of nitrogens with one attached hydrogen (secondary N) is 1. The van der Waals surface area contributed by atoms with Crippen LogP contribution >= 0.6 is 0 Å². The Balaban J connectivity index is 1.34. The number of piperazine rings is 1. The summed E-state index contributed by atoms with van der Waals surface area (Å²) < 4.78 is 13.3. The summed E-state index contributed by atoms with van der Waals surface area (Å²) in [6.07, 6.45) is 0. The molecule has 1 fully saturated rings. The van der Waals surface area contributed by atoms with Crippen LogP contribution in [0.3, 0.4) is 0 Å². The molecule has 0 radical (unpaired) electrons. The molecular formula is C21H20FN5O. The SMILES string of the molecule is O=C(Nc1cccc(F)c1)N1CCN(c2ccc(-c3ccccc3)nn2)CC1. The molecule has 1 N–H and O–H groups in total. The number of rotatable bonds is 3. The van der Waals surface area contributed by atoms with Gasteiger partial charge < -0.3 is 15.1 Å². The second-order valence-corrected chi connectivity index (χ2v) is 6.56. The van der Waals surface area contributed by atoms with Crippen LogP contribution in [0.25, 0.3) is 11.3 Å². The van der Waals surface area contributed by atoms with Gasteiger partial charge in [0, 0.05) is 37.4 Å². The fourth-order valence-electron chi connectivity index (χ4n) is 3.16. The van der Waals surface area contributed by atoms with Crippen LogP contribution in [-0.4, -0.2) is 47.3 Å². The van der Waals surface area contributed by atoms with E-state index in [1.54, 1.807) is 17.0 Å². The Morgan fingerprint density at radius 3 is 2.36 bits per heavy atom. The zero-order valence-corrected chi connectivity index (χ0v) is 15.3. The van der Waals surface area contributed by atoms with Gasteiger partial charge in [-0.25, -0.2) is 9.18 Å². The van der Waals surface area contributed by atoms with Gasteiger partial charge in [-0.15, -0.1) is 10.2 Å². The molecule has 3 aromatic rings.